The summed E-state index contributed by atoms with van der Waals surface area (Å²) in [6.45, 7) is 1.60. The Bertz CT molecular complexity index is 809. The first kappa shape index (κ1) is 19.9. The Kier molecular flexibility index (Phi) is 7.16. The van der Waals surface area contributed by atoms with Gasteiger partial charge < -0.3 is 5.32 Å². The van der Waals surface area contributed by atoms with Gasteiger partial charge in [-0.1, -0.05) is 12.5 Å². The van der Waals surface area contributed by atoms with Crippen molar-refractivity contribution < 1.29 is 13.2 Å². The highest BCUT2D eigenvalue weighted by Crippen LogP contribution is 2.27. The maximum Gasteiger partial charge on any atom is 0.262 e. The van der Waals surface area contributed by atoms with Crippen molar-refractivity contribution in [3.8, 4) is 0 Å². The van der Waals surface area contributed by atoms with Crippen molar-refractivity contribution in [2.24, 2.45) is 0 Å². The summed E-state index contributed by atoms with van der Waals surface area (Å²) in [5, 5.41) is 6.58. The number of sulfonamides is 1. The average Bonchev–Trinajstić information content (AvgIpc) is 3.34. The van der Waals surface area contributed by atoms with Crippen molar-refractivity contribution in [2.75, 3.05) is 25.4 Å². The van der Waals surface area contributed by atoms with E-state index in [1.807, 2.05) is 6.07 Å². The van der Waals surface area contributed by atoms with Gasteiger partial charge in [-0.2, -0.15) is 16.1 Å². The lowest BCUT2D eigenvalue weighted by Crippen LogP contribution is -2.36. The Hall–Kier alpha value is -0.870. The fraction of sp³-hybridized carbons (Fsp3) is 0.471. The average molecular weight is 431 g/mol. The number of thioether (sulfide) groups is 1. The van der Waals surface area contributed by atoms with Crippen LogP contribution in [0.4, 0.5) is 0 Å². The molecule has 0 saturated carbocycles. The van der Waals surface area contributed by atoms with Gasteiger partial charge in [0, 0.05) is 36.0 Å². The molecule has 9 heteroatoms. The summed E-state index contributed by atoms with van der Waals surface area (Å²) in [6.07, 6.45) is 2.82. The molecule has 2 aromatic rings. The van der Waals surface area contributed by atoms with Gasteiger partial charge >= 0.3 is 0 Å². The molecule has 0 atom stereocenters. The summed E-state index contributed by atoms with van der Waals surface area (Å²) in [5.74, 6) is 1.43. The fourth-order valence-corrected chi connectivity index (χ4v) is 7.33. The van der Waals surface area contributed by atoms with Crippen LogP contribution in [-0.4, -0.2) is 44.0 Å². The van der Waals surface area contributed by atoms with Crippen LogP contribution < -0.4 is 5.32 Å². The van der Waals surface area contributed by atoms with E-state index in [1.165, 1.54) is 20.5 Å². The normalized spacial score (nSPS) is 15.8. The van der Waals surface area contributed by atoms with Gasteiger partial charge in [-0.25, -0.2) is 8.42 Å². The number of carbonyl (C=O) groups excluding carboxylic acids is 1. The molecule has 1 N–H and O–H groups in total. The molecule has 1 aliphatic rings. The summed E-state index contributed by atoms with van der Waals surface area (Å²) in [6, 6.07) is 5.68. The van der Waals surface area contributed by atoms with Crippen LogP contribution >= 0.6 is 34.4 Å². The third-order valence-electron chi connectivity index (χ3n) is 4.12. The molecule has 3 rings (SSSR count). The molecule has 0 unspecified atom stereocenters. The minimum Gasteiger partial charge on any atom is -0.350 e. The lowest BCUT2D eigenvalue weighted by Gasteiger charge is -2.25. The van der Waals surface area contributed by atoms with Gasteiger partial charge in [-0.05, 0) is 35.7 Å². The number of thiophene rings is 2. The second-order valence-corrected chi connectivity index (χ2v) is 10.9. The molecule has 1 amide bonds. The van der Waals surface area contributed by atoms with Crippen LogP contribution in [0.5, 0.6) is 0 Å². The highest BCUT2D eigenvalue weighted by Gasteiger charge is 2.30. The van der Waals surface area contributed by atoms with E-state index in [-0.39, 0.29) is 10.8 Å². The molecule has 1 aliphatic heterocycles. The summed E-state index contributed by atoms with van der Waals surface area (Å²) >= 11 is 4.67. The minimum absolute atomic E-state index is 0.146. The van der Waals surface area contributed by atoms with Crippen LogP contribution in [0.2, 0.25) is 0 Å². The molecular formula is C17H22N2O3S4. The van der Waals surface area contributed by atoms with Gasteiger partial charge in [0.1, 0.15) is 9.77 Å². The number of rotatable bonds is 8. The molecule has 0 aromatic carbocycles. The topological polar surface area (TPSA) is 66.5 Å². The molecule has 2 aromatic heterocycles. The highest BCUT2D eigenvalue weighted by atomic mass is 32.2. The van der Waals surface area contributed by atoms with E-state index in [0.29, 0.717) is 24.5 Å². The quantitative estimate of drug-likeness (QED) is 0.649. The van der Waals surface area contributed by atoms with E-state index in [1.54, 1.807) is 34.5 Å². The molecule has 0 bridgehead atoms. The Balaban J connectivity index is 1.54. The van der Waals surface area contributed by atoms with Crippen LogP contribution in [0.25, 0.3) is 0 Å². The third kappa shape index (κ3) is 4.89. The summed E-state index contributed by atoms with van der Waals surface area (Å²) in [5.41, 5.74) is 0. The molecule has 26 heavy (non-hydrogen) atoms. The molecule has 142 valence electrons. The molecule has 1 fully saturated rings. The van der Waals surface area contributed by atoms with Crippen molar-refractivity contribution in [1.82, 2.24) is 9.62 Å². The number of nitrogens with zero attached hydrogens (tertiary/aromatic N) is 1. The van der Waals surface area contributed by atoms with Crippen molar-refractivity contribution >= 4 is 50.4 Å². The smallest absolute Gasteiger partial charge is 0.262 e. The minimum atomic E-state index is -3.58. The number of nitrogens with one attached hydrogen (secondary N) is 1. The van der Waals surface area contributed by atoms with E-state index in [0.717, 1.165) is 30.8 Å². The SMILES string of the molecule is O=C(NCCSCc1cccs1)c1sccc1S(=O)(=O)N1CCCCC1. The number of piperidine rings is 1. The Labute approximate surface area is 166 Å². The van der Waals surface area contributed by atoms with Gasteiger partial charge in [0.25, 0.3) is 5.91 Å². The Morgan fingerprint density at radius 1 is 1.15 bits per heavy atom. The third-order valence-corrected chi connectivity index (χ3v) is 9.17. The lowest BCUT2D eigenvalue weighted by molar-refractivity contribution is 0.0957. The maximum atomic E-state index is 12.8. The van der Waals surface area contributed by atoms with Crippen molar-refractivity contribution in [1.29, 1.82) is 0 Å². The van der Waals surface area contributed by atoms with Crippen LogP contribution in [-0.2, 0) is 15.8 Å². The van der Waals surface area contributed by atoms with E-state index in [9.17, 15) is 13.2 Å². The highest BCUT2D eigenvalue weighted by molar-refractivity contribution is 7.98. The second-order valence-electron chi connectivity index (χ2n) is 5.97. The maximum absolute atomic E-state index is 12.8. The number of hydrogen-bond donors (Lipinski definition) is 1. The van der Waals surface area contributed by atoms with Crippen molar-refractivity contribution in [3.05, 3.63) is 38.7 Å². The van der Waals surface area contributed by atoms with Gasteiger partial charge in [0.05, 0.1) is 0 Å². The van der Waals surface area contributed by atoms with Gasteiger partial charge in [-0.15, -0.1) is 22.7 Å². The predicted octanol–water partition coefficient (Wildman–Crippen LogP) is 3.65. The van der Waals surface area contributed by atoms with Gasteiger partial charge in [-0.3, -0.25) is 4.79 Å². The van der Waals surface area contributed by atoms with Gasteiger partial charge in [0.15, 0.2) is 0 Å². The van der Waals surface area contributed by atoms with Crippen LogP contribution in [0.3, 0.4) is 0 Å². The van der Waals surface area contributed by atoms with E-state index >= 15 is 0 Å². The van der Waals surface area contributed by atoms with Crippen LogP contribution in [0.15, 0.2) is 33.9 Å². The van der Waals surface area contributed by atoms with Crippen molar-refractivity contribution in [3.63, 3.8) is 0 Å². The van der Waals surface area contributed by atoms with Gasteiger partial charge in [0.2, 0.25) is 10.0 Å². The first-order valence-corrected chi connectivity index (χ1v) is 12.9. The Morgan fingerprint density at radius 3 is 2.69 bits per heavy atom. The first-order valence-electron chi connectivity index (χ1n) is 8.55. The number of hydrogen-bond acceptors (Lipinski definition) is 6. The molecule has 5 nitrogen and oxygen atoms in total. The zero-order valence-corrected chi connectivity index (χ0v) is 17.6. The van der Waals surface area contributed by atoms with E-state index in [2.05, 4.69) is 16.8 Å². The summed E-state index contributed by atoms with van der Waals surface area (Å²) in [4.78, 5) is 14.2. The molecule has 1 saturated heterocycles. The number of carbonyl (C=O) groups is 1. The lowest BCUT2D eigenvalue weighted by atomic mass is 10.2. The molecule has 0 spiro atoms. The largest absolute Gasteiger partial charge is 0.350 e. The molecule has 0 aliphatic carbocycles. The zero-order chi connectivity index (χ0) is 18.4. The molecular weight excluding hydrogens is 408 g/mol. The monoisotopic (exact) mass is 430 g/mol. The fourth-order valence-electron chi connectivity index (χ4n) is 2.79. The zero-order valence-electron chi connectivity index (χ0n) is 14.3. The van der Waals surface area contributed by atoms with Crippen LogP contribution in [0, 0.1) is 0 Å². The number of amides is 1. The second kappa shape index (κ2) is 9.36. The summed E-state index contributed by atoms with van der Waals surface area (Å²) in [7, 11) is -3.58. The first-order chi connectivity index (χ1) is 12.6. The Morgan fingerprint density at radius 2 is 1.96 bits per heavy atom. The summed E-state index contributed by atoms with van der Waals surface area (Å²) < 4.78 is 27.2. The van der Waals surface area contributed by atoms with E-state index < -0.39 is 10.0 Å². The standard InChI is InChI=1S/C17H22N2O3S4/c20-17(18-7-12-23-13-14-5-4-10-24-14)16-15(6-11-25-16)26(21,22)19-8-2-1-3-9-19/h4-6,10-11H,1-3,7-9,12-13H2,(H,18,20). The van der Waals surface area contributed by atoms with E-state index in [4.69, 9.17) is 0 Å². The van der Waals surface area contributed by atoms with Crippen LogP contribution in [0.1, 0.15) is 33.8 Å². The molecule has 0 radical (unpaired) electrons. The predicted molar refractivity (Wildman–Crippen MR) is 110 cm³/mol. The van der Waals surface area contributed by atoms with Crippen molar-refractivity contribution in [2.45, 2.75) is 29.9 Å². The molecule has 3 heterocycles.